The third-order valence-corrected chi connectivity index (χ3v) is 4.71. The molecule has 0 saturated carbocycles. The second kappa shape index (κ2) is 8.37. The van der Waals surface area contributed by atoms with Crippen molar-refractivity contribution in [2.75, 3.05) is 19.9 Å². The van der Waals surface area contributed by atoms with Gasteiger partial charge in [0.25, 0.3) is 0 Å². The van der Waals surface area contributed by atoms with Gasteiger partial charge in [0, 0.05) is 24.2 Å². The molecule has 0 aromatic rings. The van der Waals surface area contributed by atoms with E-state index in [4.69, 9.17) is 4.74 Å². The van der Waals surface area contributed by atoms with Crippen molar-refractivity contribution in [2.24, 2.45) is 0 Å². The molecule has 98 valence electrons. The van der Waals surface area contributed by atoms with E-state index in [0.717, 1.165) is 11.7 Å². The lowest BCUT2D eigenvalue weighted by atomic mass is 9.99. The van der Waals surface area contributed by atoms with Gasteiger partial charge in [0.05, 0.1) is 5.60 Å². The predicted molar refractivity (Wildman–Crippen MR) is 75.4 cm³/mol. The van der Waals surface area contributed by atoms with E-state index in [1.165, 1.54) is 18.6 Å². The van der Waals surface area contributed by atoms with Crippen LogP contribution in [-0.4, -0.2) is 36.8 Å². The predicted octanol–water partition coefficient (Wildman–Crippen LogP) is 3.31. The Morgan fingerprint density at radius 3 is 2.44 bits per heavy atom. The van der Waals surface area contributed by atoms with E-state index in [1.54, 1.807) is 7.11 Å². The molecule has 0 radical (unpaired) electrons. The number of thioether (sulfide) groups is 1. The van der Waals surface area contributed by atoms with Gasteiger partial charge in [0.1, 0.15) is 0 Å². The molecule has 0 aliphatic rings. The second-order valence-electron chi connectivity index (χ2n) is 5.04. The lowest BCUT2D eigenvalue weighted by Crippen LogP contribution is -2.32. The molecule has 0 aromatic heterocycles. The Labute approximate surface area is 106 Å². The maximum absolute atomic E-state index is 5.44. The Morgan fingerprint density at radius 2 is 2.00 bits per heavy atom. The fourth-order valence-electron chi connectivity index (χ4n) is 1.33. The minimum atomic E-state index is 0.0101. The zero-order valence-electron chi connectivity index (χ0n) is 11.8. The van der Waals surface area contributed by atoms with Gasteiger partial charge in [-0.05, 0) is 40.2 Å². The van der Waals surface area contributed by atoms with Crippen molar-refractivity contribution >= 4 is 11.8 Å². The Hall–Kier alpha value is 0.270. The van der Waals surface area contributed by atoms with Crippen LogP contribution < -0.4 is 5.32 Å². The highest BCUT2D eigenvalue weighted by Gasteiger charge is 2.18. The lowest BCUT2D eigenvalue weighted by molar-refractivity contribution is 0.0123. The molecule has 1 N–H and O–H groups in total. The van der Waals surface area contributed by atoms with Crippen molar-refractivity contribution in [1.82, 2.24) is 5.32 Å². The summed E-state index contributed by atoms with van der Waals surface area (Å²) in [6.45, 7) is 8.86. The number of rotatable bonds is 9. The summed E-state index contributed by atoms with van der Waals surface area (Å²) in [7, 11) is 3.85. The smallest absolute Gasteiger partial charge is 0.0623 e. The fourth-order valence-corrected chi connectivity index (χ4v) is 2.46. The summed E-state index contributed by atoms with van der Waals surface area (Å²) in [5.41, 5.74) is 0.0101. The SMILES string of the molecule is CCC(C)SCC(CCC(C)(C)OC)NC. The van der Waals surface area contributed by atoms with Crippen molar-refractivity contribution in [2.45, 2.75) is 63.9 Å². The molecule has 0 saturated heterocycles. The van der Waals surface area contributed by atoms with Gasteiger partial charge < -0.3 is 10.1 Å². The molecule has 0 heterocycles. The summed E-state index contributed by atoms with van der Waals surface area (Å²) in [5, 5.41) is 4.17. The molecule has 2 unspecified atom stereocenters. The summed E-state index contributed by atoms with van der Waals surface area (Å²) in [4.78, 5) is 0. The maximum Gasteiger partial charge on any atom is 0.0623 e. The molecular weight excluding hydrogens is 218 g/mol. The van der Waals surface area contributed by atoms with Crippen molar-refractivity contribution in [1.29, 1.82) is 0 Å². The second-order valence-corrected chi connectivity index (χ2v) is 6.51. The number of methoxy groups -OCH3 is 1. The molecule has 0 rings (SSSR count). The van der Waals surface area contributed by atoms with Gasteiger partial charge in [-0.1, -0.05) is 13.8 Å². The Kier molecular flexibility index (Phi) is 8.52. The monoisotopic (exact) mass is 247 g/mol. The van der Waals surface area contributed by atoms with E-state index < -0.39 is 0 Å². The van der Waals surface area contributed by atoms with Crippen LogP contribution in [-0.2, 0) is 4.74 Å². The van der Waals surface area contributed by atoms with E-state index in [0.29, 0.717) is 6.04 Å². The first-order valence-electron chi connectivity index (χ1n) is 6.29. The number of nitrogens with one attached hydrogen (secondary N) is 1. The standard InChI is InChI=1S/C13H29NOS/c1-7-11(2)16-10-12(14-5)8-9-13(3,4)15-6/h11-12,14H,7-10H2,1-6H3. The van der Waals surface area contributed by atoms with Crippen LogP contribution in [0.2, 0.25) is 0 Å². The maximum atomic E-state index is 5.44. The molecule has 0 aliphatic heterocycles. The highest BCUT2D eigenvalue weighted by atomic mass is 32.2. The normalized spacial score (nSPS) is 16.1. The first-order valence-corrected chi connectivity index (χ1v) is 7.34. The molecule has 2 atom stereocenters. The van der Waals surface area contributed by atoms with Gasteiger partial charge in [-0.25, -0.2) is 0 Å². The van der Waals surface area contributed by atoms with E-state index in [-0.39, 0.29) is 5.60 Å². The van der Waals surface area contributed by atoms with Crippen LogP contribution in [0.1, 0.15) is 47.0 Å². The summed E-state index contributed by atoms with van der Waals surface area (Å²) < 4.78 is 5.44. The minimum Gasteiger partial charge on any atom is -0.379 e. The largest absolute Gasteiger partial charge is 0.379 e. The fraction of sp³-hybridized carbons (Fsp3) is 1.00. The average Bonchev–Trinajstić information content (AvgIpc) is 2.28. The van der Waals surface area contributed by atoms with Crippen LogP contribution in [0.15, 0.2) is 0 Å². The van der Waals surface area contributed by atoms with Gasteiger partial charge in [-0.2, -0.15) is 11.8 Å². The van der Waals surface area contributed by atoms with Crippen LogP contribution in [0.5, 0.6) is 0 Å². The topological polar surface area (TPSA) is 21.3 Å². The Balaban J connectivity index is 3.83. The molecule has 16 heavy (non-hydrogen) atoms. The summed E-state index contributed by atoms with van der Waals surface area (Å²) in [6, 6.07) is 0.605. The van der Waals surface area contributed by atoms with Gasteiger partial charge in [-0.3, -0.25) is 0 Å². The molecule has 3 heteroatoms. The zero-order valence-corrected chi connectivity index (χ0v) is 12.6. The molecule has 0 fully saturated rings. The summed E-state index contributed by atoms with van der Waals surface area (Å²) in [6.07, 6.45) is 3.54. The molecule has 0 aliphatic carbocycles. The van der Waals surface area contributed by atoms with Crippen LogP contribution in [0.4, 0.5) is 0 Å². The molecular formula is C13H29NOS. The van der Waals surface area contributed by atoms with Crippen LogP contribution in [0.3, 0.4) is 0 Å². The van der Waals surface area contributed by atoms with Gasteiger partial charge in [-0.15, -0.1) is 0 Å². The van der Waals surface area contributed by atoms with E-state index >= 15 is 0 Å². The number of hydrogen-bond donors (Lipinski definition) is 1. The van der Waals surface area contributed by atoms with E-state index in [1.807, 2.05) is 0 Å². The van der Waals surface area contributed by atoms with Crippen LogP contribution in [0, 0.1) is 0 Å². The molecule has 0 aromatic carbocycles. The van der Waals surface area contributed by atoms with Crippen LogP contribution in [0.25, 0.3) is 0 Å². The first kappa shape index (κ1) is 16.3. The highest BCUT2D eigenvalue weighted by molar-refractivity contribution is 7.99. The zero-order chi connectivity index (χ0) is 12.6. The van der Waals surface area contributed by atoms with Crippen molar-refractivity contribution in [3.8, 4) is 0 Å². The van der Waals surface area contributed by atoms with E-state index in [9.17, 15) is 0 Å². The third-order valence-electron chi connectivity index (χ3n) is 3.21. The molecule has 0 spiro atoms. The minimum absolute atomic E-state index is 0.0101. The van der Waals surface area contributed by atoms with Crippen molar-refractivity contribution in [3.63, 3.8) is 0 Å². The summed E-state index contributed by atoms with van der Waals surface area (Å²) >= 11 is 2.06. The molecule has 0 amide bonds. The molecule has 0 bridgehead atoms. The molecule has 2 nitrogen and oxygen atoms in total. The van der Waals surface area contributed by atoms with Gasteiger partial charge >= 0.3 is 0 Å². The number of hydrogen-bond acceptors (Lipinski definition) is 3. The lowest BCUT2D eigenvalue weighted by Gasteiger charge is -2.26. The van der Waals surface area contributed by atoms with Crippen molar-refractivity contribution in [3.05, 3.63) is 0 Å². The quantitative estimate of drug-likeness (QED) is 0.675. The number of ether oxygens (including phenoxy) is 1. The van der Waals surface area contributed by atoms with Crippen molar-refractivity contribution < 1.29 is 4.74 Å². The van der Waals surface area contributed by atoms with Crippen LogP contribution >= 0.6 is 11.8 Å². The average molecular weight is 247 g/mol. The third kappa shape index (κ3) is 7.53. The highest BCUT2D eigenvalue weighted by Crippen LogP contribution is 2.20. The summed E-state index contributed by atoms with van der Waals surface area (Å²) in [5.74, 6) is 1.20. The van der Waals surface area contributed by atoms with Gasteiger partial charge in [0.15, 0.2) is 0 Å². The Bertz CT molecular complexity index is 173. The van der Waals surface area contributed by atoms with Gasteiger partial charge in [0.2, 0.25) is 0 Å². The first-order chi connectivity index (χ1) is 7.45. The van der Waals surface area contributed by atoms with E-state index in [2.05, 4.69) is 51.8 Å². The Morgan fingerprint density at radius 1 is 1.38 bits per heavy atom.